The van der Waals surface area contributed by atoms with Crippen LogP contribution in [0.1, 0.15) is 50.3 Å². The van der Waals surface area contributed by atoms with Gasteiger partial charge in [0.1, 0.15) is 0 Å². The van der Waals surface area contributed by atoms with E-state index in [9.17, 15) is 0 Å². The summed E-state index contributed by atoms with van der Waals surface area (Å²) in [4.78, 5) is 0. The largest absolute Gasteiger partial charge is 0.0619 e. The molecule has 0 unspecified atom stereocenters. The van der Waals surface area contributed by atoms with Gasteiger partial charge in [-0.05, 0) is 85.3 Å². The van der Waals surface area contributed by atoms with Gasteiger partial charge in [0.05, 0.1) is 0 Å². The van der Waals surface area contributed by atoms with Gasteiger partial charge >= 0.3 is 0 Å². The van der Waals surface area contributed by atoms with E-state index in [0.717, 1.165) is 0 Å². The Kier molecular flexibility index (Phi) is 5.41. The molecule has 0 heterocycles. The van der Waals surface area contributed by atoms with E-state index >= 15 is 0 Å². The predicted molar refractivity (Wildman–Crippen MR) is 154 cm³/mol. The first-order chi connectivity index (χ1) is 17.4. The highest BCUT2D eigenvalue weighted by Crippen LogP contribution is 2.49. The van der Waals surface area contributed by atoms with Gasteiger partial charge in [0.25, 0.3) is 0 Å². The maximum absolute atomic E-state index is 2.40. The van der Waals surface area contributed by atoms with Crippen molar-refractivity contribution in [2.75, 3.05) is 0 Å². The normalized spacial score (nSPS) is 13.5. The van der Waals surface area contributed by atoms with Gasteiger partial charge in [0.15, 0.2) is 0 Å². The van der Waals surface area contributed by atoms with E-state index < -0.39 is 0 Å². The summed E-state index contributed by atoms with van der Waals surface area (Å²) in [6.45, 7) is 9.17. The fourth-order valence-electron chi connectivity index (χ4n) is 5.70. The third-order valence-corrected chi connectivity index (χ3v) is 7.89. The Morgan fingerprint density at radius 3 is 1.56 bits per heavy atom. The number of benzene rings is 5. The molecule has 6 rings (SSSR count). The molecule has 1 aliphatic carbocycles. The summed E-state index contributed by atoms with van der Waals surface area (Å²) >= 11 is 0. The molecule has 5 aromatic carbocycles. The van der Waals surface area contributed by atoms with Gasteiger partial charge in [-0.25, -0.2) is 0 Å². The Balaban J connectivity index is 1.36. The lowest BCUT2D eigenvalue weighted by Gasteiger charge is -2.22. The Morgan fingerprint density at radius 2 is 0.944 bits per heavy atom. The van der Waals surface area contributed by atoms with Gasteiger partial charge in [-0.15, -0.1) is 0 Å². The SMILES string of the molecule is CC(C)c1ccc(-c2cccc(-c3cccc(-c4ccc5c(c4)C(C)(C)c4ccccc4-5)c3)c2)cc1. The van der Waals surface area contributed by atoms with Crippen LogP contribution < -0.4 is 0 Å². The summed E-state index contributed by atoms with van der Waals surface area (Å²) in [7, 11) is 0. The first-order valence-corrected chi connectivity index (χ1v) is 13.0. The fraction of sp³-hybridized carbons (Fsp3) is 0.167. The Labute approximate surface area is 215 Å². The zero-order valence-corrected chi connectivity index (χ0v) is 21.5. The van der Waals surface area contributed by atoms with Crippen LogP contribution in [0.3, 0.4) is 0 Å². The van der Waals surface area contributed by atoms with Crippen molar-refractivity contribution in [1.29, 1.82) is 0 Å². The molecule has 0 heteroatoms. The summed E-state index contributed by atoms with van der Waals surface area (Å²) in [5.41, 5.74) is 14.5. The van der Waals surface area contributed by atoms with E-state index in [4.69, 9.17) is 0 Å². The molecular formula is C36H32. The Bertz CT molecular complexity index is 1560. The maximum atomic E-state index is 2.40. The van der Waals surface area contributed by atoms with E-state index in [1.807, 2.05) is 0 Å². The van der Waals surface area contributed by atoms with Gasteiger partial charge in [0.2, 0.25) is 0 Å². The minimum atomic E-state index is 0.0129. The second kappa shape index (κ2) is 8.64. The highest BCUT2D eigenvalue weighted by molar-refractivity contribution is 5.84. The van der Waals surface area contributed by atoms with Crippen molar-refractivity contribution in [3.05, 3.63) is 132 Å². The summed E-state index contributed by atoms with van der Waals surface area (Å²) < 4.78 is 0. The molecule has 0 bridgehead atoms. The Morgan fingerprint density at radius 1 is 0.444 bits per heavy atom. The third-order valence-electron chi connectivity index (χ3n) is 7.89. The Hall–Kier alpha value is -3.90. The van der Waals surface area contributed by atoms with Gasteiger partial charge in [-0.3, -0.25) is 0 Å². The van der Waals surface area contributed by atoms with Gasteiger partial charge in [-0.1, -0.05) is 125 Å². The van der Waals surface area contributed by atoms with Crippen LogP contribution in [0.2, 0.25) is 0 Å². The van der Waals surface area contributed by atoms with Crippen LogP contribution in [-0.4, -0.2) is 0 Å². The number of fused-ring (bicyclic) bond motifs is 3. The summed E-state index contributed by atoms with van der Waals surface area (Å²) in [6, 6.07) is 42.7. The van der Waals surface area contributed by atoms with Crippen molar-refractivity contribution >= 4 is 0 Å². The molecular weight excluding hydrogens is 432 g/mol. The quantitative estimate of drug-likeness (QED) is 0.248. The van der Waals surface area contributed by atoms with E-state index in [-0.39, 0.29) is 5.41 Å². The average molecular weight is 465 g/mol. The minimum Gasteiger partial charge on any atom is -0.0619 e. The van der Waals surface area contributed by atoms with Crippen molar-refractivity contribution < 1.29 is 0 Å². The fourth-order valence-corrected chi connectivity index (χ4v) is 5.70. The van der Waals surface area contributed by atoms with Gasteiger partial charge in [-0.2, -0.15) is 0 Å². The second-order valence-corrected chi connectivity index (χ2v) is 10.9. The third kappa shape index (κ3) is 3.78. The van der Waals surface area contributed by atoms with Gasteiger partial charge < -0.3 is 0 Å². The van der Waals surface area contributed by atoms with E-state index in [0.29, 0.717) is 5.92 Å². The molecule has 0 spiro atoms. The van der Waals surface area contributed by atoms with Crippen LogP contribution >= 0.6 is 0 Å². The molecule has 5 aromatic rings. The van der Waals surface area contributed by atoms with Crippen molar-refractivity contribution in [3.63, 3.8) is 0 Å². The second-order valence-electron chi connectivity index (χ2n) is 10.9. The van der Waals surface area contributed by atoms with Crippen molar-refractivity contribution in [2.45, 2.75) is 39.0 Å². The lowest BCUT2D eigenvalue weighted by molar-refractivity contribution is 0.660. The lowest BCUT2D eigenvalue weighted by atomic mass is 9.81. The molecule has 0 radical (unpaired) electrons. The number of hydrogen-bond donors (Lipinski definition) is 0. The minimum absolute atomic E-state index is 0.0129. The van der Waals surface area contributed by atoms with Crippen LogP contribution in [0.25, 0.3) is 44.5 Å². The van der Waals surface area contributed by atoms with Crippen LogP contribution in [0.15, 0.2) is 115 Å². The standard InChI is InChI=1S/C36H32/c1-24(2)25-15-17-26(18-16-25)27-9-7-10-28(21-27)29-11-8-12-30(22-29)31-19-20-33-32-13-5-6-14-34(32)36(3,4)35(33)23-31/h5-24H,1-4H3. The molecule has 0 saturated heterocycles. The van der Waals surface area contributed by atoms with Crippen LogP contribution in [0.4, 0.5) is 0 Å². The average Bonchev–Trinajstić information content (AvgIpc) is 3.15. The number of rotatable bonds is 4. The molecule has 1 aliphatic rings. The summed E-state index contributed by atoms with van der Waals surface area (Å²) in [5.74, 6) is 0.548. The van der Waals surface area contributed by atoms with E-state index in [2.05, 4.69) is 143 Å². The van der Waals surface area contributed by atoms with Crippen LogP contribution in [0, 0.1) is 0 Å². The highest BCUT2D eigenvalue weighted by atomic mass is 14.4. The zero-order valence-electron chi connectivity index (χ0n) is 21.5. The maximum Gasteiger partial charge on any atom is 0.0159 e. The zero-order chi connectivity index (χ0) is 24.9. The molecule has 0 aromatic heterocycles. The topological polar surface area (TPSA) is 0 Å². The van der Waals surface area contributed by atoms with Crippen molar-refractivity contribution in [3.8, 4) is 44.5 Å². The molecule has 0 N–H and O–H groups in total. The molecule has 0 saturated carbocycles. The van der Waals surface area contributed by atoms with Crippen LogP contribution in [-0.2, 0) is 5.41 Å². The lowest BCUT2D eigenvalue weighted by Crippen LogP contribution is -2.14. The first-order valence-electron chi connectivity index (χ1n) is 13.0. The summed E-state index contributed by atoms with van der Waals surface area (Å²) in [5, 5.41) is 0. The first kappa shape index (κ1) is 22.6. The van der Waals surface area contributed by atoms with E-state index in [1.54, 1.807) is 0 Å². The smallest absolute Gasteiger partial charge is 0.0159 e. The number of hydrogen-bond acceptors (Lipinski definition) is 0. The van der Waals surface area contributed by atoms with Crippen LogP contribution in [0.5, 0.6) is 0 Å². The molecule has 176 valence electrons. The molecule has 0 fully saturated rings. The predicted octanol–water partition coefficient (Wildman–Crippen LogP) is 10.1. The molecule has 0 aliphatic heterocycles. The molecule has 0 amide bonds. The van der Waals surface area contributed by atoms with Gasteiger partial charge in [0, 0.05) is 5.41 Å². The summed E-state index contributed by atoms with van der Waals surface area (Å²) in [6.07, 6.45) is 0. The molecule has 36 heavy (non-hydrogen) atoms. The monoisotopic (exact) mass is 464 g/mol. The molecule has 0 atom stereocenters. The molecule has 0 nitrogen and oxygen atoms in total. The van der Waals surface area contributed by atoms with E-state index in [1.165, 1.54) is 61.2 Å². The highest BCUT2D eigenvalue weighted by Gasteiger charge is 2.35. The van der Waals surface area contributed by atoms with Crippen molar-refractivity contribution in [2.24, 2.45) is 0 Å². The van der Waals surface area contributed by atoms with Crippen molar-refractivity contribution in [1.82, 2.24) is 0 Å².